The number of anilines is 1. The topological polar surface area (TPSA) is 73.1 Å². The lowest BCUT2D eigenvalue weighted by atomic mass is 9.89. The Hall–Kier alpha value is -1.36. The molecule has 1 aromatic heterocycles. The number of nitrogens with one attached hydrogen (secondary N) is 1. The molecule has 0 bridgehead atoms. The molecular weight excluding hydrogens is 228 g/mol. The number of rotatable bonds is 4. The predicted molar refractivity (Wildman–Crippen MR) is 71.3 cm³/mol. The summed E-state index contributed by atoms with van der Waals surface area (Å²) in [4.78, 5) is 8.63. The van der Waals surface area contributed by atoms with Gasteiger partial charge in [-0.2, -0.15) is 4.98 Å². The summed E-state index contributed by atoms with van der Waals surface area (Å²) >= 11 is 0. The Morgan fingerprint density at radius 2 is 2.06 bits per heavy atom. The lowest BCUT2D eigenvalue weighted by Gasteiger charge is -2.26. The van der Waals surface area contributed by atoms with Crippen molar-refractivity contribution in [2.24, 2.45) is 11.8 Å². The summed E-state index contributed by atoms with van der Waals surface area (Å²) < 4.78 is 5.94. The first-order valence-electron chi connectivity index (χ1n) is 6.72. The summed E-state index contributed by atoms with van der Waals surface area (Å²) in [6, 6.07) is 1.76. The first kappa shape index (κ1) is 13.1. The van der Waals surface area contributed by atoms with Crippen LogP contribution in [0.15, 0.2) is 6.07 Å². The molecule has 0 atom stereocenters. The molecule has 1 saturated carbocycles. The molecule has 0 aliphatic heterocycles. The van der Waals surface area contributed by atoms with Crippen molar-refractivity contribution in [3.8, 4) is 5.88 Å². The van der Waals surface area contributed by atoms with E-state index < -0.39 is 0 Å². The number of nitrogens with zero attached hydrogens (tertiary/aromatic N) is 2. The maximum absolute atomic E-state index is 5.94. The van der Waals surface area contributed by atoms with Crippen molar-refractivity contribution < 1.29 is 4.74 Å². The highest BCUT2D eigenvalue weighted by molar-refractivity contribution is 5.37. The van der Waals surface area contributed by atoms with Crippen LogP contribution in [0.25, 0.3) is 0 Å². The molecule has 2 rings (SSSR count). The van der Waals surface area contributed by atoms with Gasteiger partial charge in [-0.3, -0.25) is 0 Å². The minimum Gasteiger partial charge on any atom is -0.474 e. The summed E-state index contributed by atoms with van der Waals surface area (Å²) in [6.45, 7) is 4.31. The SMILES string of the molecule is CCc1nc(NN)cc(OC2CCC(C)CC2)n1. The number of aromatic nitrogens is 2. The number of aryl methyl sites for hydroxylation is 1. The number of hydrazine groups is 1. The van der Waals surface area contributed by atoms with E-state index in [-0.39, 0.29) is 6.10 Å². The number of nitrogens with two attached hydrogens (primary N) is 1. The predicted octanol–water partition coefficient (Wildman–Crippen LogP) is 2.28. The van der Waals surface area contributed by atoms with Crippen LogP contribution in [-0.4, -0.2) is 16.1 Å². The average molecular weight is 250 g/mol. The molecule has 0 radical (unpaired) electrons. The van der Waals surface area contributed by atoms with Crippen molar-refractivity contribution in [1.29, 1.82) is 0 Å². The Balaban J connectivity index is 2.03. The zero-order valence-electron chi connectivity index (χ0n) is 11.1. The summed E-state index contributed by atoms with van der Waals surface area (Å²) in [5, 5.41) is 0. The van der Waals surface area contributed by atoms with E-state index in [9.17, 15) is 0 Å². The molecular formula is C13H22N4O. The first-order chi connectivity index (χ1) is 8.71. The van der Waals surface area contributed by atoms with Gasteiger partial charge in [0, 0.05) is 12.5 Å². The summed E-state index contributed by atoms with van der Waals surface area (Å²) in [7, 11) is 0. The molecule has 100 valence electrons. The fourth-order valence-corrected chi connectivity index (χ4v) is 2.28. The van der Waals surface area contributed by atoms with Gasteiger partial charge >= 0.3 is 0 Å². The molecule has 0 amide bonds. The van der Waals surface area contributed by atoms with Crippen LogP contribution in [0, 0.1) is 5.92 Å². The number of hydrogen-bond donors (Lipinski definition) is 2. The van der Waals surface area contributed by atoms with Crippen molar-refractivity contribution in [2.75, 3.05) is 5.43 Å². The maximum atomic E-state index is 5.94. The van der Waals surface area contributed by atoms with Gasteiger partial charge < -0.3 is 10.2 Å². The molecule has 1 fully saturated rings. The third kappa shape index (κ3) is 3.32. The lowest BCUT2D eigenvalue weighted by molar-refractivity contribution is 0.129. The Kier molecular flexibility index (Phi) is 4.36. The van der Waals surface area contributed by atoms with E-state index in [2.05, 4.69) is 22.3 Å². The average Bonchev–Trinajstić information content (AvgIpc) is 2.41. The van der Waals surface area contributed by atoms with E-state index >= 15 is 0 Å². The van der Waals surface area contributed by atoms with Crippen LogP contribution in [0.4, 0.5) is 5.82 Å². The van der Waals surface area contributed by atoms with Crippen molar-refractivity contribution in [1.82, 2.24) is 9.97 Å². The highest BCUT2D eigenvalue weighted by Gasteiger charge is 2.20. The summed E-state index contributed by atoms with van der Waals surface area (Å²) in [5.74, 6) is 8.22. The highest BCUT2D eigenvalue weighted by Crippen LogP contribution is 2.27. The fourth-order valence-electron chi connectivity index (χ4n) is 2.28. The quantitative estimate of drug-likeness (QED) is 0.633. The second-order valence-electron chi connectivity index (χ2n) is 5.01. The monoisotopic (exact) mass is 250 g/mol. The van der Waals surface area contributed by atoms with Gasteiger partial charge in [0.15, 0.2) is 0 Å². The normalized spacial score (nSPS) is 23.7. The van der Waals surface area contributed by atoms with Crippen molar-refractivity contribution in [2.45, 2.75) is 52.1 Å². The zero-order valence-corrected chi connectivity index (χ0v) is 11.1. The van der Waals surface area contributed by atoms with Gasteiger partial charge in [0.25, 0.3) is 0 Å². The fraction of sp³-hybridized carbons (Fsp3) is 0.692. The van der Waals surface area contributed by atoms with Crippen LogP contribution < -0.4 is 16.0 Å². The first-order valence-corrected chi connectivity index (χ1v) is 6.72. The third-order valence-corrected chi connectivity index (χ3v) is 3.46. The molecule has 5 nitrogen and oxygen atoms in total. The third-order valence-electron chi connectivity index (χ3n) is 3.46. The van der Waals surface area contributed by atoms with Crippen LogP contribution in [0.3, 0.4) is 0 Å². The number of hydrogen-bond acceptors (Lipinski definition) is 5. The Labute approximate surface area is 108 Å². The summed E-state index contributed by atoms with van der Waals surface area (Å²) in [6.07, 6.45) is 5.74. The molecule has 0 aromatic carbocycles. The number of nitrogen functional groups attached to an aromatic ring is 1. The minimum absolute atomic E-state index is 0.284. The Morgan fingerprint density at radius 3 is 2.67 bits per heavy atom. The molecule has 5 heteroatoms. The smallest absolute Gasteiger partial charge is 0.219 e. The van der Waals surface area contributed by atoms with Crippen LogP contribution >= 0.6 is 0 Å². The molecule has 1 aliphatic carbocycles. The van der Waals surface area contributed by atoms with Gasteiger partial charge in [0.1, 0.15) is 17.7 Å². The van der Waals surface area contributed by atoms with Crippen LogP contribution in [0.2, 0.25) is 0 Å². The Bertz CT molecular complexity index is 366. The molecule has 1 aliphatic rings. The van der Waals surface area contributed by atoms with Gasteiger partial charge in [-0.25, -0.2) is 10.8 Å². The molecule has 18 heavy (non-hydrogen) atoms. The Morgan fingerprint density at radius 1 is 1.33 bits per heavy atom. The van der Waals surface area contributed by atoms with E-state index in [4.69, 9.17) is 10.6 Å². The molecule has 1 heterocycles. The minimum atomic E-state index is 0.284. The second-order valence-corrected chi connectivity index (χ2v) is 5.01. The molecule has 0 unspecified atom stereocenters. The summed E-state index contributed by atoms with van der Waals surface area (Å²) in [5.41, 5.74) is 2.56. The van der Waals surface area contributed by atoms with Crippen LogP contribution in [0.1, 0.15) is 45.4 Å². The zero-order chi connectivity index (χ0) is 13.0. The maximum Gasteiger partial charge on any atom is 0.219 e. The molecule has 0 saturated heterocycles. The van der Waals surface area contributed by atoms with E-state index in [0.717, 1.165) is 31.0 Å². The van der Waals surface area contributed by atoms with Crippen molar-refractivity contribution >= 4 is 5.82 Å². The van der Waals surface area contributed by atoms with E-state index in [0.29, 0.717) is 11.7 Å². The number of ether oxygens (including phenoxy) is 1. The van der Waals surface area contributed by atoms with Gasteiger partial charge in [-0.1, -0.05) is 13.8 Å². The highest BCUT2D eigenvalue weighted by atomic mass is 16.5. The van der Waals surface area contributed by atoms with Crippen molar-refractivity contribution in [3.05, 3.63) is 11.9 Å². The van der Waals surface area contributed by atoms with E-state index in [1.165, 1.54) is 12.8 Å². The molecule has 0 spiro atoms. The van der Waals surface area contributed by atoms with E-state index in [1.807, 2.05) is 6.92 Å². The van der Waals surface area contributed by atoms with Gasteiger partial charge in [-0.15, -0.1) is 0 Å². The van der Waals surface area contributed by atoms with Crippen molar-refractivity contribution in [3.63, 3.8) is 0 Å². The van der Waals surface area contributed by atoms with Crippen LogP contribution in [-0.2, 0) is 6.42 Å². The largest absolute Gasteiger partial charge is 0.474 e. The molecule has 1 aromatic rings. The molecule has 3 N–H and O–H groups in total. The van der Waals surface area contributed by atoms with Crippen LogP contribution in [0.5, 0.6) is 5.88 Å². The second kappa shape index (κ2) is 6.00. The van der Waals surface area contributed by atoms with Gasteiger partial charge in [0.2, 0.25) is 5.88 Å². The van der Waals surface area contributed by atoms with Gasteiger partial charge in [-0.05, 0) is 31.6 Å². The lowest BCUT2D eigenvalue weighted by Crippen LogP contribution is -2.24. The standard InChI is InChI=1S/C13H22N4O/c1-3-11-15-12(17-14)8-13(16-11)18-10-6-4-9(2)5-7-10/h8-10H,3-7,14H2,1-2H3,(H,15,16,17). The van der Waals surface area contributed by atoms with Gasteiger partial charge in [0.05, 0.1) is 0 Å². The van der Waals surface area contributed by atoms with E-state index in [1.54, 1.807) is 6.07 Å².